The minimum Gasteiger partial charge on any atom is -0.406 e. The van der Waals surface area contributed by atoms with Crippen molar-refractivity contribution >= 4 is 18.3 Å². The van der Waals surface area contributed by atoms with Gasteiger partial charge in [-0.1, -0.05) is 56.2 Å². The van der Waals surface area contributed by atoms with E-state index >= 15 is 0 Å². The molecule has 0 heterocycles. The van der Waals surface area contributed by atoms with Gasteiger partial charge in [0.15, 0.2) is 0 Å². The van der Waals surface area contributed by atoms with Crippen molar-refractivity contribution in [2.24, 2.45) is 0 Å². The number of hydrogen-bond acceptors (Lipinski definition) is 3. The summed E-state index contributed by atoms with van der Waals surface area (Å²) in [5.41, 5.74) is 2.76. The van der Waals surface area contributed by atoms with Crippen LogP contribution in [0.3, 0.4) is 0 Å². The van der Waals surface area contributed by atoms with Gasteiger partial charge in [0.2, 0.25) is 5.91 Å². The number of hydrogen-bond donors (Lipinski definition) is 2. The van der Waals surface area contributed by atoms with Gasteiger partial charge < -0.3 is 15.4 Å². The number of ether oxygens (including phenoxy) is 1. The van der Waals surface area contributed by atoms with Crippen LogP contribution in [0, 0.1) is 0 Å². The van der Waals surface area contributed by atoms with Gasteiger partial charge in [-0.3, -0.25) is 4.79 Å². The summed E-state index contributed by atoms with van der Waals surface area (Å²) in [6.07, 6.45) is -1.11. The second kappa shape index (κ2) is 12.4. The minimum atomic E-state index is -4.69. The molecule has 2 aromatic rings. The zero-order chi connectivity index (χ0) is 21.3. The van der Waals surface area contributed by atoms with Crippen LogP contribution in [0.1, 0.15) is 31.7 Å². The fourth-order valence-electron chi connectivity index (χ4n) is 2.98. The van der Waals surface area contributed by atoms with Gasteiger partial charge in [-0.15, -0.1) is 25.6 Å². The van der Waals surface area contributed by atoms with Crippen LogP contribution < -0.4 is 15.4 Å². The van der Waals surface area contributed by atoms with Crippen LogP contribution in [0.4, 0.5) is 13.2 Å². The molecule has 0 aliphatic heterocycles. The lowest BCUT2D eigenvalue weighted by Gasteiger charge is -2.15. The molecule has 0 unspecified atom stereocenters. The molecule has 1 amide bonds. The van der Waals surface area contributed by atoms with Gasteiger partial charge in [-0.05, 0) is 48.7 Å². The van der Waals surface area contributed by atoms with E-state index in [-0.39, 0.29) is 30.1 Å². The lowest BCUT2D eigenvalue weighted by molar-refractivity contribution is -0.274. The van der Waals surface area contributed by atoms with Crippen molar-refractivity contribution in [1.29, 1.82) is 0 Å². The summed E-state index contributed by atoms with van der Waals surface area (Å²) in [5.74, 6) is -0.230. The van der Waals surface area contributed by atoms with E-state index in [2.05, 4.69) is 22.3 Å². The topological polar surface area (TPSA) is 50.4 Å². The van der Waals surface area contributed by atoms with Crippen molar-refractivity contribution in [2.45, 2.75) is 45.0 Å². The first-order valence-corrected chi connectivity index (χ1v) is 9.72. The Labute approximate surface area is 181 Å². The molecule has 1 atom stereocenters. The molecule has 30 heavy (non-hydrogen) atoms. The number of likely N-dealkylation sites (N-methyl/N-ethyl adjacent to an activating group) is 1. The molecule has 0 aliphatic carbocycles. The van der Waals surface area contributed by atoms with Gasteiger partial charge in [-0.2, -0.15) is 0 Å². The average Bonchev–Trinajstić information content (AvgIpc) is 2.68. The van der Waals surface area contributed by atoms with Crippen LogP contribution in [-0.4, -0.2) is 31.9 Å². The molecule has 0 radical (unpaired) electrons. The standard InChI is InChI=1S/C22H27F3N2O2.ClH/c1-3-4-5-20(26-2)21(28)27-15-14-16-6-8-17(9-7-16)18-10-12-19(13-11-18)29-22(23,24)25;/h6-13,20,26H,3-5,14-15H2,1-2H3,(H,27,28);1H/t20-;/m0./s1. The third-order valence-corrected chi connectivity index (χ3v) is 4.60. The van der Waals surface area contributed by atoms with Crippen molar-refractivity contribution in [1.82, 2.24) is 10.6 Å². The Bertz CT molecular complexity index is 765. The molecule has 0 spiro atoms. The first-order chi connectivity index (χ1) is 13.8. The summed E-state index contributed by atoms with van der Waals surface area (Å²) in [6.45, 7) is 2.64. The molecular weight excluding hydrogens is 417 g/mol. The van der Waals surface area contributed by atoms with Gasteiger partial charge in [0, 0.05) is 6.54 Å². The highest BCUT2D eigenvalue weighted by Crippen LogP contribution is 2.26. The number of benzene rings is 2. The summed E-state index contributed by atoms with van der Waals surface area (Å²) in [4.78, 5) is 12.2. The Morgan fingerprint density at radius 2 is 1.60 bits per heavy atom. The van der Waals surface area contributed by atoms with E-state index in [1.165, 1.54) is 12.1 Å². The van der Waals surface area contributed by atoms with Crippen molar-refractivity contribution in [2.75, 3.05) is 13.6 Å². The number of alkyl halides is 3. The Morgan fingerprint density at radius 3 is 2.10 bits per heavy atom. The first-order valence-electron chi connectivity index (χ1n) is 9.72. The molecule has 0 saturated heterocycles. The van der Waals surface area contributed by atoms with Crippen LogP contribution in [0.25, 0.3) is 11.1 Å². The van der Waals surface area contributed by atoms with Crippen LogP contribution >= 0.6 is 12.4 Å². The number of carbonyl (C=O) groups is 1. The van der Waals surface area contributed by atoms with Crippen LogP contribution in [-0.2, 0) is 11.2 Å². The second-order valence-electron chi connectivity index (χ2n) is 6.79. The molecule has 2 N–H and O–H groups in total. The molecule has 2 aromatic carbocycles. The summed E-state index contributed by atoms with van der Waals surface area (Å²) < 4.78 is 40.6. The van der Waals surface area contributed by atoms with E-state index in [1.54, 1.807) is 19.2 Å². The molecule has 2 rings (SSSR count). The summed E-state index contributed by atoms with van der Waals surface area (Å²) in [5, 5.41) is 6.00. The Morgan fingerprint density at radius 1 is 1.03 bits per heavy atom. The Balaban J connectivity index is 0.00000450. The number of amides is 1. The number of unbranched alkanes of at least 4 members (excludes halogenated alkanes) is 1. The molecule has 0 aliphatic rings. The fourth-order valence-corrected chi connectivity index (χ4v) is 2.98. The third-order valence-electron chi connectivity index (χ3n) is 4.60. The molecule has 0 fully saturated rings. The molecule has 0 saturated carbocycles. The zero-order valence-corrected chi connectivity index (χ0v) is 17.9. The van der Waals surface area contributed by atoms with Gasteiger partial charge >= 0.3 is 6.36 Å². The van der Waals surface area contributed by atoms with E-state index < -0.39 is 6.36 Å². The number of carbonyl (C=O) groups excluding carboxylic acids is 1. The van der Waals surface area contributed by atoms with E-state index in [4.69, 9.17) is 0 Å². The first kappa shape index (κ1) is 25.8. The van der Waals surface area contributed by atoms with Gasteiger partial charge in [0.05, 0.1) is 6.04 Å². The van der Waals surface area contributed by atoms with Crippen LogP contribution in [0.2, 0.25) is 0 Å². The predicted octanol–water partition coefficient (Wildman–Crippen LogP) is 5.11. The Hall–Kier alpha value is -2.25. The van der Waals surface area contributed by atoms with Crippen molar-refractivity contribution < 1.29 is 22.7 Å². The maximum atomic E-state index is 12.2. The Kier molecular flexibility index (Phi) is 10.7. The minimum absolute atomic E-state index is 0. The fraction of sp³-hybridized carbons (Fsp3) is 0.409. The highest BCUT2D eigenvalue weighted by atomic mass is 35.5. The normalized spacial score (nSPS) is 12.0. The maximum absolute atomic E-state index is 12.2. The van der Waals surface area contributed by atoms with E-state index in [0.29, 0.717) is 13.0 Å². The van der Waals surface area contributed by atoms with Crippen LogP contribution in [0.5, 0.6) is 5.75 Å². The SMILES string of the molecule is CCCC[C@H](NC)C(=O)NCCc1ccc(-c2ccc(OC(F)(F)F)cc2)cc1.Cl. The third kappa shape index (κ3) is 8.63. The molecule has 4 nitrogen and oxygen atoms in total. The van der Waals surface area contributed by atoms with E-state index in [0.717, 1.165) is 36.0 Å². The number of rotatable bonds is 10. The quantitative estimate of drug-likeness (QED) is 0.535. The highest BCUT2D eigenvalue weighted by molar-refractivity contribution is 5.85. The van der Waals surface area contributed by atoms with Crippen molar-refractivity contribution in [3.05, 3.63) is 54.1 Å². The number of nitrogens with one attached hydrogen (secondary N) is 2. The molecule has 0 aromatic heterocycles. The molecule has 0 bridgehead atoms. The van der Waals surface area contributed by atoms with Gasteiger partial charge in [-0.25, -0.2) is 0 Å². The lowest BCUT2D eigenvalue weighted by Crippen LogP contribution is -2.43. The maximum Gasteiger partial charge on any atom is 0.573 e. The summed E-state index contributed by atoms with van der Waals surface area (Å²) >= 11 is 0. The lowest BCUT2D eigenvalue weighted by atomic mass is 10.0. The molecule has 8 heteroatoms. The predicted molar refractivity (Wildman–Crippen MR) is 115 cm³/mol. The van der Waals surface area contributed by atoms with Gasteiger partial charge in [0.25, 0.3) is 0 Å². The van der Waals surface area contributed by atoms with E-state index in [9.17, 15) is 18.0 Å². The average molecular weight is 445 g/mol. The highest BCUT2D eigenvalue weighted by Gasteiger charge is 2.30. The largest absolute Gasteiger partial charge is 0.573 e. The monoisotopic (exact) mass is 444 g/mol. The molecular formula is C22H28ClF3N2O2. The number of halogens is 4. The second-order valence-corrected chi connectivity index (χ2v) is 6.79. The van der Waals surface area contributed by atoms with Crippen LogP contribution in [0.15, 0.2) is 48.5 Å². The zero-order valence-electron chi connectivity index (χ0n) is 17.1. The van der Waals surface area contributed by atoms with Crippen molar-refractivity contribution in [3.8, 4) is 16.9 Å². The van der Waals surface area contributed by atoms with Crippen molar-refractivity contribution in [3.63, 3.8) is 0 Å². The smallest absolute Gasteiger partial charge is 0.406 e. The summed E-state index contributed by atoms with van der Waals surface area (Å²) in [6, 6.07) is 13.3. The summed E-state index contributed by atoms with van der Waals surface area (Å²) in [7, 11) is 1.79. The molecule has 166 valence electrons. The van der Waals surface area contributed by atoms with Gasteiger partial charge in [0.1, 0.15) is 5.75 Å². The van der Waals surface area contributed by atoms with E-state index in [1.807, 2.05) is 24.3 Å².